The monoisotopic (exact) mass is 457 g/mol. The van der Waals surface area contributed by atoms with E-state index in [0.717, 1.165) is 22.7 Å². The lowest BCUT2D eigenvalue weighted by Crippen LogP contribution is -2.24. The SMILES string of the molecule is COCCCn1c(SCc2csc(-c3ccc(Cl)cc3)n2)nc2ccccc2c1=O. The fourth-order valence-corrected chi connectivity index (χ4v) is 5.03. The highest BCUT2D eigenvalue weighted by Gasteiger charge is 2.13. The summed E-state index contributed by atoms with van der Waals surface area (Å²) in [5.74, 6) is 0.638. The van der Waals surface area contributed by atoms with Crippen molar-refractivity contribution >= 4 is 45.6 Å². The molecule has 0 aliphatic carbocycles. The zero-order chi connectivity index (χ0) is 20.9. The summed E-state index contributed by atoms with van der Waals surface area (Å²) < 4.78 is 6.90. The summed E-state index contributed by atoms with van der Waals surface area (Å²) in [5.41, 5.74) is 2.70. The zero-order valence-electron chi connectivity index (χ0n) is 16.4. The molecule has 2 aromatic carbocycles. The van der Waals surface area contributed by atoms with E-state index in [1.807, 2.05) is 53.9 Å². The van der Waals surface area contributed by atoms with Crippen LogP contribution in [-0.2, 0) is 17.0 Å². The Hall–Kier alpha value is -2.19. The van der Waals surface area contributed by atoms with Gasteiger partial charge in [0.05, 0.1) is 16.6 Å². The van der Waals surface area contributed by atoms with E-state index < -0.39 is 0 Å². The summed E-state index contributed by atoms with van der Waals surface area (Å²) in [7, 11) is 1.66. The van der Waals surface area contributed by atoms with Crippen LogP contribution in [0.1, 0.15) is 12.1 Å². The quantitative estimate of drug-likeness (QED) is 0.198. The Morgan fingerprint density at radius 1 is 1.13 bits per heavy atom. The number of aromatic nitrogens is 3. The van der Waals surface area contributed by atoms with Gasteiger partial charge >= 0.3 is 0 Å². The number of nitrogens with zero attached hydrogens (tertiary/aromatic N) is 3. The van der Waals surface area contributed by atoms with Crippen molar-refractivity contribution in [1.82, 2.24) is 14.5 Å². The van der Waals surface area contributed by atoms with E-state index in [-0.39, 0.29) is 5.56 Å². The van der Waals surface area contributed by atoms with Gasteiger partial charge in [-0.25, -0.2) is 9.97 Å². The molecule has 0 aliphatic heterocycles. The third-order valence-electron chi connectivity index (χ3n) is 4.55. The van der Waals surface area contributed by atoms with Gasteiger partial charge in [0, 0.05) is 42.0 Å². The van der Waals surface area contributed by atoms with Crippen LogP contribution in [0.3, 0.4) is 0 Å². The molecule has 0 saturated carbocycles. The maximum atomic E-state index is 13.0. The lowest BCUT2D eigenvalue weighted by molar-refractivity contribution is 0.189. The van der Waals surface area contributed by atoms with Crippen molar-refractivity contribution in [3.8, 4) is 10.6 Å². The third-order valence-corrected chi connectivity index (χ3v) is 6.75. The molecule has 2 heterocycles. The fourth-order valence-electron chi connectivity index (χ4n) is 3.06. The molecular formula is C22H20ClN3O2S2. The van der Waals surface area contributed by atoms with Gasteiger partial charge in [-0.05, 0) is 30.7 Å². The van der Waals surface area contributed by atoms with E-state index in [2.05, 4.69) is 0 Å². The van der Waals surface area contributed by atoms with Crippen molar-refractivity contribution in [1.29, 1.82) is 0 Å². The van der Waals surface area contributed by atoms with Crippen molar-refractivity contribution < 1.29 is 4.74 Å². The average Bonchev–Trinajstić information content (AvgIpc) is 3.24. The van der Waals surface area contributed by atoms with Crippen LogP contribution in [0.15, 0.2) is 63.9 Å². The normalized spacial score (nSPS) is 11.3. The van der Waals surface area contributed by atoms with Gasteiger partial charge in [0.2, 0.25) is 0 Å². The first-order chi connectivity index (χ1) is 14.7. The summed E-state index contributed by atoms with van der Waals surface area (Å²) in [6.45, 7) is 1.17. The molecule has 0 radical (unpaired) electrons. The van der Waals surface area contributed by atoms with Crippen LogP contribution in [0, 0.1) is 0 Å². The minimum atomic E-state index is -0.0145. The van der Waals surface area contributed by atoms with Crippen molar-refractivity contribution in [3.63, 3.8) is 0 Å². The molecule has 0 bridgehead atoms. The minimum absolute atomic E-state index is 0.0145. The van der Waals surface area contributed by atoms with Crippen LogP contribution in [0.25, 0.3) is 21.5 Å². The number of benzene rings is 2. The molecule has 4 aromatic rings. The second-order valence-corrected chi connectivity index (χ2v) is 8.89. The first-order valence-electron chi connectivity index (χ1n) is 9.47. The number of hydrogen-bond acceptors (Lipinski definition) is 6. The Balaban J connectivity index is 1.58. The molecule has 5 nitrogen and oxygen atoms in total. The molecule has 4 rings (SSSR count). The third kappa shape index (κ3) is 4.75. The average molecular weight is 458 g/mol. The highest BCUT2D eigenvalue weighted by atomic mass is 35.5. The summed E-state index contributed by atoms with van der Waals surface area (Å²) in [6, 6.07) is 15.1. The van der Waals surface area contributed by atoms with Gasteiger partial charge in [-0.2, -0.15) is 0 Å². The van der Waals surface area contributed by atoms with Gasteiger partial charge in [-0.15, -0.1) is 11.3 Å². The topological polar surface area (TPSA) is 57.0 Å². The van der Waals surface area contributed by atoms with Crippen LogP contribution in [0.4, 0.5) is 0 Å². The second kappa shape index (κ2) is 9.75. The largest absolute Gasteiger partial charge is 0.385 e. The second-order valence-electron chi connectivity index (χ2n) is 6.65. The summed E-state index contributed by atoms with van der Waals surface area (Å²) in [5, 5.41) is 5.05. The molecule has 0 unspecified atom stereocenters. The number of hydrogen-bond donors (Lipinski definition) is 0. The maximum absolute atomic E-state index is 13.0. The van der Waals surface area contributed by atoms with Crippen molar-refractivity contribution in [2.24, 2.45) is 0 Å². The number of ether oxygens (including phenoxy) is 1. The predicted octanol–water partition coefficient (Wildman–Crippen LogP) is 5.50. The highest BCUT2D eigenvalue weighted by Crippen LogP contribution is 2.28. The number of rotatable bonds is 8. The molecule has 0 N–H and O–H groups in total. The zero-order valence-corrected chi connectivity index (χ0v) is 18.8. The van der Waals surface area contributed by atoms with Crippen molar-refractivity contribution in [2.75, 3.05) is 13.7 Å². The number of fused-ring (bicyclic) bond motifs is 1. The van der Waals surface area contributed by atoms with Crippen LogP contribution in [0.5, 0.6) is 0 Å². The molecule has 30 heavy (non-hydrogen) atoms. The summed E-state index contributed by atoms with van der Waals surface area (Å²) in [4.78, 5) is 22.5. The molecule has 0 aliphatic rings. The van der Waals surface area contributed by atoms with Crippen molar-refractivity contribution in [3.05, 3.63) is 75.0 Å². The standard InChI is InChI=1S/C22H20ClN3O2S2/c1-28-12-4-11-26-21(27)18-5-2-3-6-19(18)25-22(26)30-14-17-13-29-20(24-17)15-7-9-16(23)10-8-15/h2-3,5-10,13H,4,11-12,14H2,1H3. The highest BCUT2D eigenvalue weighted by molar-refractivity contribution is 7.98. The first-order valence-corrected chi connectivity index (χ1v) is 11.7. The molecule has 0 fully saturated rings. The number of halogens is 1. The molecule has 0 amide bonds. The maximum Gasteiger partial charge on any atom is 0.262 e. The van der Waals surface area contributed by atoms with Crippen LogP contribution in [-0.4, -0.2) is 28.3 Å². The molecule has 0 saturated heterocycles. The Morgan fingerprint density at radius 2 is 1.93 bits per heavy atom. The fraction of sp³-hybridized carbons (Fsp3) is 0.227. The van der Waals surface area contributed by atoms with E-state index in [4.69, 9.17) is 26.3 Å². The van der Waals surface area contributed by atoms with Gasteiger partial charge in [-0.1, -0.05) is 47.6 Å². The first kappa shape index (κ1) is 21.1. The molecular weight excluding hydrogens is 438 g/mol. The Kier molecular flexibility index (Phi) is 6.84. The van der Waals surface area contributed by atoms with E-state index >= 15 is 0 Å². The molecule has 0 spiro atoms. The van der Waals surface area contributed by atoms with E-state index in [0.29, 0.717) is 40.0 Å². The van der Waals surface area contributed by atoms with Gasteiger partial charge in [0.15, 0.2) is 5.16 Å². The smallest absolute Gasteiger partial charge is 0.262 e. The Morgan fingerprint density at radius 3 is 2.73 bits per heavy atom. The van der Waals surface area contributed by atoms with Crippen LogP contribution in [0.2, 0.25) is 5.02 Å². The number of thiazole rings is 1. The molecule has 2 aromatic heterocycles. The Labute approximate surface area is 187 Å². The Bertz CT molecular complexity index is 1210. The molecule has 0 atom stereocenters. The number of thioether (sulfide) groups is 1. The molecule has 154 valence electrons. The number of methoxy groups -OCH3 is 1. The van der Waals surface area contributed by atoms with E-state index in [9.17, 15) is 4.79 Å². The van der Waals surface area contributed by atoms with Crippen molar-refractivity contribution in [2.45, 2.75) is 23.9 Å². The predicted molar refractivity (Wildman–Crippen MR) is 125 cm³/mol. The van der Waals surface area contributed by atoms with Gasteiger partial charge < -0.3 is 4.74 Å². The molecule has 8 heteroatoms. The number of para-hydroxylation sites is 1. The van der Waals surface area contributed by atoms with E-state index in [1.165, 1.54) is 11.8 Å². The van der Waals surface area contributed by atoms with Crippen LogP contribution < -0.4 is 5.56 Å². The summed E-state index contributed by atoms with van der Waals surface area (Å²) in [6.07, 6.45) is 0.751. The van der Waals surface area contributed by atoms with E-state index in [1.54, 1.807) is 23.0 Å². The summed E-state index contributed by atoms with van der Waals surface area (Å²) >= 11 is 9.10. The lowest BCUT2D eigenvalue weighted by Gasteiger charge is -2.12. The van der Waals surface area contributed by atoms with Gasteiger partial charge in [0.1, 0.15) is 5.01 Å². The van der Waals surface area contributed by atoms with Gasteiger partial charge in [0.25, 0.3) is 5.56 Å². The van der Waals surface area contributed by atoms with Crippen LogP contribution >= 0.6 is 34.7 Å². The lowest BCUT2D eigenvalue weighted by atomic mass is 10.2. The van der Waals surface area contributed by atoms with Gasteiger partial charge in [-0.3, -0.25) is 9.36 Å². The minimum Gasteiger partial charge on any atom is -0.385 e.